The van der Waals surface area contributed by atoms with Crippen LogP contribution in [0.15, 0.2) is 24.3 Å². The summed E-state index contributed by atoms with van der Waals surface area (Å²) in [7, 11) is -3.25. The number of carbonyl (C=O) groups is 1. The van der Waals surface area contributed by atoms with Crippen LogP contribution in [0.1, 0.15) is 24.8 Å². The first-order valence-corrected chi connectivity index (χ1v) is 10.1. The lowest BCUT2D eigenvalue weighted by atomic mass is 10.2. The molecule has 0 bridgehead atoms. The van der Waals surface area contributed by atoms with Crippen LogP contribution in [-0.4, -0.2) is 61.3 Å². The minimum Gasteiger partial charge on any atom is -0.340 e. The molecule has 1 aliphatic heterocycles. The van der Waals surface area contributed by atoms with Gasteiger partial charge in [0.15, 0.2) is 9.84 Å². The Morgan fingerprint density at radius 3 is 2.46 bits per heavy atom. The minimum atomic E-state index is -3.25. The largest absolute Gasteiger partial charge is 0.340 e. The maximum atomic E-state index is 13.0. The molecule has 1 aromatic carbocycles. The predicted molar refractivity (Wildman–Crippen MR) is 89.7 cm³/mol. The molecule has 1 aliphatic carbocycles. The quantitative estimate of drug-likeness (QED) is 0.803. The normalized spacial score (nSPS) is 20.0. The van der Waals surface area contributed by atoms with E-state index in [1.54, 1.807) is 17.0 Å². The molecule has 0 N–H and O–H groups in total. The van der Waals surface area contributed by atoms with Crippen molar-refractivity contribution in [2.75, 3.05) is 31.9 Å². The molecule has 0 atom stereocenters. The smallest absolute Gasteiger partial charge is 0.237 e. The van der Waals surface area contributed by atoms with E-state index in [-0.39, 0.29) is 22.7 Å². The van der Waals surface area contributed by atoms with Crippen molar-refractivity contribution in [2.45, 2.75) is 31.1 Å². The van der Waals surface area contributed by atoms with Crippen LogP contribution in [-0.2, 0) is 21.2 Å². The number of amides is 1. The van der Waals surface area contributed by atoms with Gasteiger partial charge in [-0.15, -0.1) is 0 Å². The molecule has 132 valence electrons. The number of sulfone groups is 1. The fourth-order valence-corrected chi connectivity index (χ4v) is 4.65. The fraction of sp³-hybridized carbons (Fsp3) is 0.588. The summed E-state index contributed by atoms with van der Waals surface area (Å²) in [6, 6.07) is 6.44. The van der Waals surface area contributed by atoms with Crippen molar-refractivity contribution < 1.29 is 17.6 Å². The lowest BCUT2D eigenvalue weighted by molar-refractivity contribution is -0.128. The maximum absolute atomic E-state index is 13.0. The summed E-state index contributed by atoms with van der Waals surface area (Å²) in [6.07, 6.45) is 2.21. The van der Waals surface area contributed by atoms with Crippen molar-refractivity contribution in [3.8, 4) is 0 Å². The zero-order chi connectivity index (χ0) is 17.2. The van der Waals surface area contributed by atoms with Crippen molar-refractivity contribution in [3.63, 3.8) is 0 Å². The van der Waals surface area contributed by atoms with E-state index in [4.69, 9.17) is 0 Å². The Balaban J connectivity index is 1.52. The van der Waals surface area contributed by atoms with Gasteiger partial charge in [0, 0.05) is 32.7 Å². The molecule has 0 radical (unpaired) electrons. The van der Waals surface area contributed by atoms with Crippen LogP contribution in [0.5, 0.6) is 0 Å². The van der Waals surface area contributed by atoms with Gasteiger partial charge >= 0.3 is 0 Å². The molecule has 2 fully saturated rings. The zero-order valence-corrected chi connectivity index (χ0v) is 14.5. The summed E-state index contributed by atoms with van der Waals surface area (Å²) in [6.45, 7) is 3.39. The van der Waals surface area contributed by atoms with Gasteiger partial charge in [-0.3, -0.25) is 9.69 Å². The molecule has 0 spiro atoms. The summed E-state index contributed by atoms with van der Waals surface area (Å²) in [5.41, 5.74) is 1.03. The summed E-state index contributed by atoms with van der Waals surface area (Å²) in [5, 5.41) is -0.289. The van der Waals surface area contributed by atoms with E-state index in [0.717, 1.165) is 18.5 Å². The van der Waals surface area contributed by atoms with Crippen LogP contribution in [0.4, 0.5) is 4.39 Å². The second-order valence-corrected chi connectivity index (χ2v) is 8.92. The van der Waals surface area contributed by atoms with Crippen LogP contribution in [0, 0.1) is 5.82 Å². The molecule has 0 unspecified atom stereocenters. The standard InChI is InChI=1S/C17H23FN2O3S/c18-15-4-2-14(3-5-15)12-19-8-1-9-20(11-10-19)17(21)13-24(22,23)16-6-7-16/h2-5,16H,1,6-13H2. The number of halogens is 1. The van der Waals surface area contributed by atoms with Gasteiger partial charge in [-0.25, -0.2) is 12.8 Å². The highest BCUT2D eigenvalue weighted by Gasteiger charge is 2.38. The van der Waals surface area contributed by atoms with E-state index in [2.05, 4.69) is 4.90 Å². The van der Waals surface area contributed by atoms with Gasteiger partial charge in [-0.1, -0.05) is 12.1 Å². The summed E-state index contributed by atoms with van der Waals surface area (Å²) < 4.78 is 36.9. The number of benzene rings is 1. The SMILES string of the molecule is O=C(CS(=O)(=O)C1CC1)N1CCCN(Cc2ccc(F)cc2)CC1. The topological polar surface area (TPSA) is 57.7 Å². The highest BCUT2D eigenvalue weighted by molar-refractivity contribution is 7.93. The van der Waals surface area contributed by atoms with Crippen molar-refractivity contribution >= 4 is 15.7 Å². The van der Waals surface area contributed by atoms with E-state index in [0.29, 0.717) is 39.0 Å². The second-order valence-electron chi connectivity index (χ2n) is 6.64. The fourth-order valence-electron chi connectivity index (χ4n) is 3.03. The Morgan fingerprint density at radius 1 is 1.08 bits per heavy atom. The van der Waals surface area contributed by atoms with Gasteiger partial charge in [-0.2, -0.15) is 0 Å². The van der Waals surface area contributed by atoms with E-state index in [1.165, 1.54) is 12.1 Å². The first-order chi connectivity index (χ1) is 11.4. The average molecular weight is 354 g/mol. The molecular weight excluding hydrogens is 331 g/mol. The van der Waals surface area contributed by atoms with E-state index < -0.39 is 9.84 Å². The molecule has 1 amide bonds. The van der Waals surface area contributed by atoms with Gasteiger partial charge < -0.3 is 4.90 Å². The first-order valence-electron chi connectivity index (χ1n) is 8.40. The summed E-state index contributed by atoms with van der Waals surface area (Å²) in [5.74, 6) is -0.871. The minimum absolute atomic E-state index is 0.247. The lowest BCUT2D eigenvalue weighted by Gasteiger charge is -2.22. The van der Waals surface area contributed by atoms with Gasteiger partial charge in [0.25, 0.3) is 0 Å². The molecule has 3 rings (SSSR count). The van der Waals surface area contributed by atoms with Gasteiger partial charge in [0.2, 0.25) is 5.91 Å². The summed E-state index contributed by atoms with van der Waals surface area (Å²) in [4.78, 5) is 16.2. The van der Waals surface area contributed by atoms with Crippen LogP contribution < -0.4 is 0 Å². The van der Waals surface area contributed by atoms with E-state index >= 15 is 0 Å². The van der Waals surface area contributed by atoms with Crippen LogP contribution in [0.2, 0.25) is 0 Å². The average Bonchev–Trinajstić information content (AvgIpc) is 3.36. The van der Waals surface area contributed by atoms with Crippen LogP contribution in [0.3, 0.4) is 0 Å². The number of carbonyl (C=O) groups excluding carboxylic acids is 1. The molecular formula is C17H23FN2O3S. The summed E-state index contributed by atoms with van der Waals surface area (Å²) >= 11 is 0. The van der Waals surface area contributed by atoms with Crippen molar-refractivity contribution in [1.29, 1.82) is 0 Å². The molecule has 7 heteroatoms. The predicted octanol–water partition coefficient (Wildman–Crippen LogP) is 1.44. The van der Waals surface area contributed by atoms with Crippen molar-refractivity contribution in [1.82, 2.24) is 9.80 Å². The highest BCUT2D eigenvalue weighted by Crippen LogP contribution is 2.29. The molecule has 1 saturated heterocycles. The highest BCUT2D eigenvalue weighted by atomic mass is 32.2. The molecule has 1 saturated carbocycles. The molecule has 1 heterocycles. The molecule has 1 aromatic rings. The lowest BCUT2D eigenvalue weighted by Crippen LogP contribution is -2.39. The third-order valence-corrected chi connectivity index (χ3v) is 6.75. The Morgan fingerprint density at radius 2 is 1.79 bits per heavy atom. The van der Waals surface area contributed by atoms with Gasteiger partial charge in [-0.05, 0) is 37.0 Å². The Bertz CT molecular complexity index is 686. The maximum Gasteiger partial charge on any atom is 0.237 e. The monoisotopic (exact) mass is 354 g/mol. The zero-order valence-electron chi connectivity index (χ0n) is 13.7. The van der Waals surface area contributed by atoms with Gasteiger partial charge in [0.1, 0.15) is 11.6 Å². The van der Waals surface area contributed by atoms with Crippen LogP contribution in [0.25, 0.3) is 0 Å². The van der Waals surface area contributed by atoms with E-state index in [1.807, 2.05) is 0 Å². The van der Waals surface area contributed by atoms with Crippen molar-refractivity contribution in [3.05, 3.63) is 35.6 Å². The van der Waals surface area contributed by atoms with Crippen LogP contribution >= 0.6 is 0 Å². The first kappa shape index (κ1) is 17.4. The number of hydrogen-bond acceptors (Lipinski definition) is 4. The molecule has 24 heavy (non-hydrogen) atoms. The number of hydrogen-bond donors (Lipinski definition) is 0. The third kappa shape index (κ3) is 4.54. The Labute approximate surface area is 142 Å². The second kappa shape index (κ2) is 7.19. The Kier molecular flexibility index (Phi) is 5.20. The Hall–Kier alpha value is -1.47. The van der Waals surface area contributed by atoms with E-state index in [9.17, 15) is 17.6 Å². The number of nitrogens with zero attached hydrogens (tertiary/aromatic N) is 2. The van der Waals surface area contributed by atoms with Crippen molar-refractivity contribution in [2.24, 2.45) is 0 Å². The molecule has 0 aromatic heterocycles. The molecule has 5 nitrogen and oxygen atoms in total. The molecule has 2 aliphatic rings. The van der Waals surface area contributed by atoms with Gasteiger partial charge in [0.05, 0.1) is 5.25 Å². The number of rotatable bonds is 5. The third-order valence-electron chi connectivity index (χ3n) is 4.62.